The normalized spacial score (nSPS) is 22.9. The van der Waals surface area contributed by atoms with Crippen molar-refractivity contribution in [3.63, 3.8) is 0 Å². The lowest BCUT2D eigenvalue weighted by Crippen LogP contribution is -2.53. The van der Waals surface area contributed by atoms with Crippen molar-refractivity contribution in [1.82, 2.24) is 20.4 Å². The van der Waals surface area contributed by atoms with Crippen LogP contribution >= 0.6 is 0 Å². The third-order valence-corrected chi connectivity index (χ3v) is 6.37. The number of aliphatic imine (C=N–C) groups is 1. The van der Waals surface area contributed by atoms with E-state index in [1.54, 1.807) is 0 Å². The average Bonchev–Trinajstić information content (AvgIpc) is 2.72. The molecule has 1 unspecified atom stereocenters. The summed E-state index contributed by atoms with van der Waals surface area (Å²) in [7, 11) is 1.85. The Kier molecular flexibility index (Phi) is 9.39. The van der Waals surface area contributed by atoms with Crippen molar-refractivity contribution in [3.8, 4) is 0 Å². The smallest absolute Gasteiger partial charge is 0.225 e. The topological polar surface area (TPSA) is 60.0 Å². The number of piperidine rings is 2. The summed E-state index contributed by atoms with van der Waals surface area (Å²) in [4.78, 5) is 21.6. The van der Waals surface area contributed by atoms with Crippen LogP contribution in [0.1, 0.15) is 65.7 Å². The highest BCUT2D eigenvalue weighted by molar-refractivity contribution is 5.80. The van der Waals surface area contributed by atoms with E-state index >= 15 is 0 Å². The molecule has 6 heteroatoms. The first-order valence-electron chi connectivity index (χ1n) is 11.1. The summed E-state index contributed by atoms with van der Waals surface area (Å²) >= 11 is 0. The second-order valence-corrected chi connectivity index (χ2v) is 7.99. The van der Waals surface area contributed by atoms with Gasteiger partial charge >= 0.3 is 0 Å². The molecule has 2 heterocycles. The molecular formula is C21H41N5O. The highest BCUT2D eigenvalue weighted by Crippen LogP contribution is 2.18. The molecule has 0 saturated carbocycles. The van der Waals surface area contributed by atoms with Crippen LogP contribution in [0.5, 0.6) is 0 Å². The van der Waals surface area contributed by atoms with Gasteiger partial charge in [-0.15, -0.1) is 0 Å². The highest BCUT2D eigenvalue weighted by atomic mass is 16.2. The Hall–Kier alpha value is -1.30. The molecule has 6 nitrogen and oxygen atoms in total. The van der Waals surface area contributed by atoms with Crippen molar-refractivity contribution in [1.29, 1.82) is 0 Å². The van der Waals surface area contributed by atoms with Crippen molar-refractivity contribution in [2.24, 2.45) is 10.9 Å². The second-order valence-electron chi connectivity index (χ2n) is 7.99. The maximum absolute atomic E-state index is 12.5. The van der Waals surface area contributed by atoms with E-state index in [2.05, 4.69) is 46.2 Å². The first kappa shape index (κ1) is 22.0. The van der Waals surface area contributed by atoms with Gasteiger partial charge in [-0.25, -0.2) is 0 Å². The molecule has 1 amide bonds. The van der Waals surface area contributed by atoms with Crippen LogP contribution in [0.4, 0.5) is 0 Å². The zero-order chi connectivity index (χ0) is 19.6. The van der Waals surface area contributed by atoms with Crippen molar-refractivity contribution in [3.05, 3.63) is 0 Å². The van der Waals surface area contributed by atoms with Crippen LogP contribution in [0.15, 0.2) is 4.99 Å². The highest BCUT2D eigenvalue weighted by Gasteiger charge is 2.27. The lowest BCUT2D eigenvalue weighted by atomic mass is 9.98. The molecule has 2 fully saturated rings. The summed E-state index contributed by atoms with van der Waals surface area (Å²) in [5.41, 5.74) is 0. The van der Waals surface area contributed by atoms with Crippen LogP contribution in [-0.2, 0) is 4.79 Å². The molecule has 2 aliphatic heterocycles. The lowest BCUT2D eigenvalue weighted by Gasteiger charge is -2.36. The molecule has 0 aromatic rings. The monoisotopic (exact) mass is 379 g/mol. The maximum Gasteiger partial charge on any atom is 0.225 e. The zero-order valence-corrected chi connectivity index (χ0v) is 18.0. The van der Waals surface area contributed by atoms with E-state index in [1.165, 1.54) is 25.8 Å². The Bertz CT molecular complexity index is 469. The van der Waals surface area contributed by atoms with Crippen LogP contribution in [0, 0.1) is 5.92 Å². The number of rotatable bonds is 7. The SMILES string of the molecule is CCC(CC)C(=O)N1CCC(NC(=NC)NCC2CCCCN2CC)CC1. The van der Waals surface area contributed by atoms with Gasteiger partial charge in [0, 0.05) is 44.7 Å². The lowest BCUT2D eigenvalue weighted by molar-refractivity contribution is -0.136. The largest absolute Gasteiger partial charge is 0.355 e. The fourth-order valence-electron chi connectivity index (χ4n) is 4.45. The Morgan fingerprint density at radius 1 is 1.07 bits per heavy atom. The third kappa shape index (κ3) is 6.37. The number of likely N-dealkylation sites (tertiary alicyclic amines) is 2. The molecule has 2 saturated heterocycles. The zero-order valence-electron chi connectivity index (χ0n) is 18.0. The number of carbonyl (C=O) groups is 1. The number of hydrogen-bond donors (Lipinski definition) is 2. The summed E-state index contributed by atoms with van der Waals surface area (Å²) in [5, 5.41) is 7.12. The molecule has 2 N–H and O–H groups in total. The minimum atomic E-state index is 0.195. The number of guanidine groups is 1. The predicted molar refractivity (Wildman–Crippen MR) is 113 cm³/mol. The van der Waals surface area contributed by atoms with Crippen molar-refractivity contribution in [2.75, 3.05) is 39.8 Å². The second kappa shape index (κ2) is 11.5. The Balaban J connectivity index is 1.75. The molecule has 27 heavy (non-hydrogen) atoms. The number of amides is 1. The summed E-state index contributed by atoms with van der Waals surface area (Å²) in [6.45, 7) is 11.5. The molecule has 0 bridgehead atoms. The summed E-state index contributed by atoms with van der Waals surface area (Å²) in [6.07, 6.45) is 7.81. The number of hydrogen-bond acceptors (Lipinski definition) is 3. The summed E-state index contributed by atoms with van der Waals surface area (Å²) in [5.74, 6) is 1.44. The standard InChI is InChI=1S/C21H41N5O/c1-5-17(6-2)20(27)26-14-11-18(12-15-26)24-21(22-4)23-16-19-10-8-9-13-25(19)7-3/h17-19H,5-16H2,1-4H3,(H2,22,23,24). The molecule has 156 valence electrons. The number of carbonyl (C=O) groups excluding carboxylic acids is 1. The van der Waals surface area contributed by atoms with E-state index in [9.17, 15) is 4.79 Å². The molecule has 0 aromatic heterocycles. The van der Waals surface area contributed by atoms with Gasteiger partial charge in [0.25, 0.3) is 0 Å². The molecule has 0 spiro atoms. The van der Waals surface area contributed by atoms with E-state index in [0.29, 0.717) is 18.0 Å². The summed E-state index contributed by atoms with van der Waals surface area (Å²) in [6, 6.07) is 1.01. The summed E-state index contributed by atoms with van der Waals surface area (Å²) < 4.78 is 0. The van der Waals surface area contributed by atoms with Gasteiger partial charge in [-0.05, 0) is 51.6 Å². The van der Waals surface area contributed by atoms with Gasteiger partial charge in [0.05, 0.1) is 0 Å². The van der Waals surface area contributed by atoms with Crippen LogP contribution in [0.2, 0.25) is 0 Å². The Labute approximate surface area is 166 Å². The fourth-order valence-corrected chi connectivity index (χ4v) is 4.45. The van der Waals surface area contributed by atoms with Gasteiger partial charge in [-0.2, -0.15) is 0 Å². The minimum Gasteiger partial charge on any atom is -0.355 e. The predicted octanol–water partition coefficient (Wildman–Crippen LogP) is 2.45. The Morgan fingerprint density at radius 2 is 1.78 bits per heavy atom. The van der Waals surface area contributed by atoms with E-state index in [0.717, 1.165) is 57.8 Å². The molecule has 2 rings (SSSR count). The molecule has 0 radical (unpaired) electrons. The van der Waals surface area contributed by atoms with Crippen molar-refractivity contribution >= 4 is 11.9 Å². The van der Waals surface area contributed by atoms with Crippen molar-refractivity contribution < 1.29 is 4.79 Å². The minimum absolute atomic E-state index is 0.195. The first-order chi connectivity index (χ1) is 13.1. The van der Waals surface area contributed by atoms with Crippen molar-refractivity contribution in [2.45, 2.75) is 77.8 Å². The number of nitrogens with zero attached hydrogens (tertiary/aromatic N) is 3. The quantitative estimate of drug-likeness (QED) is 0.527. The van der Waals surface area contributed by atoms with Crippen LogP contribution < -0.4 is 10.6 Å². The Morgan fingerprint density at radius 3 is 2.37 bits per heavy atom. The number of nitrogens with one attached hydrogen (secondary N) is 2. The third-order valence-electron chi connectivity index (χ3n) is 6.37. The molecular weight excluding hydrogens is 338 g/mol. The van der Waals surface area contributed by atoms with Crippen LogP contribution in [-0.4, -0.2) is 73.5 Å². The van der Waals surface area contributed by atoms with Gasteiger partial charge in [-0.1, -0.05) is 27.2 Å². The van der Waals surface area contributed by atoms with Crippen LogP contribution in [0.3, 0.4) is 0 Å². The fraction of sp³-hybridized carbons (Fsp3) is 0.905. The molecule has 0 aromatic carbocycles. The molecule has 2 aliphatic rings. The van der Waals surface area contributed by atoms with Gasteiger partial charge in [0.1, 0.15) is 0 Å². The van der Waals surface area contributed by atoms with E-state index < -0.39 is 0 Å². The van der Waals surface area contributed by atoms with Gasteiger partial charge in [0.15, 0.2) is 5.96 Å². The maximum atomic E-state index is 12.5. The first-order valence-corrected chi connectivity index (χ1v) is 11.1. The van der Waals surface area contributed by atoms with E-state index in [1.807, 2.05) is 7.05 Å². The molecule has 1 atom stereocenters. The average molecular weight is 380 g/mol. The van der Waals surface area contributed by atoms with Gasteiger partial charge < -0.3 is 15.5 Å². The van der Waals surface area contributed by atoms with Gasteiger partial charge in [-0.3, -0.25) is 14.7 Å². The van der Waals surface area contributed by atoms with Crippen LogP contribution in [0.25, 0.3) is 0 Å². The van der Waals surface area contributed by atoms with Gasteiger partial charge in [0.2, 0.25) is 5.91 Å². The van der Waals surface area contributed by atoms with E-state index in [-0.39, 0.29) is 5.92 Å². The number of likely N-dealkylation sites (N-methyl/N-ethyl adjacent to an activating group) is 1. The van der Waals surface area contributed by atoms with E-state index in [4.69, 9.17) is 0 Å². The molecule has 0 aliphatic carbocycles.